The van der Waals surface area contributed by atoms with Gasteiger partial charge in [0.2, 0.25) is 0 Å². The molecule has 1 aromatic rings. The summed E-state index contributed by atoms with van der Waals surface area (Å²) >= 11 is 0. The number of hydrogen-bond donors (Lipinski definition) is 2. The molecule has 2 N–H and O–H groups in total. The second-order valence-electron chi connectivity index (χ2n) is 6.73. The average Bonchev–Trinajstić information content (AvgIpc) is 3.21. The van der Waals surface area contributed by atoms with Crippen molar-refractivity contribution in [1.82, 2.24) is 10.2 Å². The number of halogens is 2. The van der Waals surface area contributed by atoms with Crippen LogP contribution in [0.3, 0.4) is 0 Å². The minimum Gasteiger partial charge on any atom is -0.456 e. The number of carbonyl (C=O) groups excluding carboxylic acids is 4. The van der Waals surface area contributed by atoms with Crippen LogP contribution < -0.4 is 10.6 Å². The number of ether oxygens (including phenoxy) is 1. The second-order valence-corrected chi connectivity index (χ2v) is 6.73. The summed E-state index contributed by atoms with van der Waals surface area (Å²) in [6, 6.07) is 2.54. The van der Waals surface area contributed by atoms with Crippen LogP contribution in [-0.4, -0.2) is 47.4 Å². The third-order valence-corrected chi connectivity index (χ3v) is 4.83. The Morgan fingerprint density at radius 1 is 1.18 bits per heavy atom. The van der Waals surface area contributed by atoms with Crippen molar-refractivity contribution in [2.75, 3.05) is 18.5 Å². The number of urea groups is 1. The van der Waals surface area contributed by atoms with Crippen LogP contribution in [0.2, 0.25) is 0 Å². The fourth-order valence-corrected chi connectivity index (χ4v) is 3.41. The van der Waals surface area contributed by atoms with Crippen molar-refractivity contribution in [3.8, 4) is 0 Å². The van der Waals surface area contributed by atoms with E-state index in [4.69, 9.17) is 4.74 Å². The predicted molar refractivity (Wildman–Crippen MR) is 92.0 cm³/mol. The van der Waals surface area contributed by atoms with Gasteiger partial charge in [-0.05, 0) is 25.0 Å². The Labute approximate surface area is 159 Å². The van der Waals surface area contributed by atoms with Crippen LogP contribution in [0.25, 0.3) is 0 Å². The van der Waals surface area contributed by atoms with E-state index in [1.807, 2.05) is 5.32 Å². The first-order valence-corrected chi connectivity index (χ1v) is 8.86. The van der Waals surface area contributed by atoms with Gasteiger partial charge in [-0.2, -0.15) is 0 Å². The quantitative estimate of drug-likeness (QED) is 0.564. The monoisotopic (exact) mass is 395 g/mol. The molecule has 0 aromatic heterocycles. The maximum absolute atomic E-state index is 13.5. The lowest BCUT2D eigenvalue weighted by atomic mass is 9.98. The summed E-state index contributed by atoms with van der Waals surface area (Å²) in [6.07, 6.45) is 2.55. The van der Waals surface area contributed by atoms with Crippen LogP contribution in [-0.2, 0) is 19.1 Å². The Morgan fingerprint density at radius 2 is 1.82 bits per heavy atom. The Hall–Kier alpha value is -3.04. The van der Waals surface area contributed by atoms with Crippen molar-refractivity contribution in [1.29, 1.82) is 0 Å². The molecule has 8 nitrogen and oxygen atoms in total. The molecule has 150 valence electrons. The molecule has 1 saturated carbocycles. The van der Waals surface area contributed by atoms with E-state index in [0.29, 0.717) is 12.8 Å². The van der Waals surface area contributed by atoms with Gasteiger partial charge >= 0.3 is 12.0 Å². The van der Waals surface area contributed by atoms with Crippen LogP contribution in [0.5, 0.6) is 0 Å². The molecule has 2 aliphatic rings. The summed E-state index contributed by atoms with van der Waals surface area (Å²) in [7, 11) is 0. The summed E-state index contributed by atoms with van der Waals surface area (Å²) in [5.41, 5.74) is -1.49. The van der Waals surface area contributed by atoms with Gasteiger partial charge in [-0.25, -0.2) is 13.6 Å². The molecule has 2 fully saturated rings. The van der Waals surface area contributed by atoms with Gasteiger partial charge in [-0.15, -0.1) is 0 Å². The maximum atomic E-state index is 13.5. The van der Waals surface area contributed by atoms with Gasteiger partial charge in [-0.3, -0.25) is 19.3 Å². The zero-order valence-corrected chi connectivity index (χ0v) is 14.9. The Balaban J connectivity index is 1.45. The van der Waals surface area contributed by atoms with Gasteiger partial charge in [0.1, 0.15) is 22.9 Å². The molecule has 1 heterocycles. The SMILES string of the molecule is O=C(COC(=O)CCN1C(=O)NC2(CCCC2)C1=O)Nc1c(F)cccc1F. The first-order valence-electron chi connectivity index (χ1n) is 8.86. The topological polar surface area (TPSA) is 105 Å². The van der Waals surface area contributed by atoms with Crippen LogP contribution >= 0.6 is 0 Å². The molecule has 1 aliphatic heterocycles. The smallest absolute Gasteiger partial charge is 0.325 e. The van der Waals surface area contributed by atoms with Gasteiger partial charge in [0, 0.05) is 6.54 Å². The minimum atomic E-state index is -0.959. The van der Waals surface area contributed by atoms with Crippen molar-refractivity contribution in [3.63, 3.8) is 0 Å². The second kappa shape index (κ2) is 7.91. The van der Waals surface area contributed by atoms with Gasteiger partial charge in [-0.1, -0.05) is 18.9 Å². The first-order chi connectivity index (χ1) is 13.3. The molecule has 1 spiro atoms. The molecular weight excluding hydrogens is 376 g/mol. The highest BCUT2D eigenvalue weighted by molar-refractivity contribution is 6.07. The molecule has 0 atom stereocenters. The normalized spacial score (nSPS) is 17.7. The van der Waals surface area contributed by atoms with E-state index < -0.39 is 47.4 Å². The summed E-state index contributed by atoms with van der Waals surface area (Å²) in [5.74, 6) is -4.01. The van der Waals surface area contributed by atoms with Gasteiger partial charge in [0.25, 0.3) is 11.8 Å². The summed E-state index contributed by atoms with van der Waals surface area (Å²) in [6.45, 7) is -0.925. The highest BCUT2D eigenvalue weighted by Gasteiger charge is 2.52. The summed E-state index contributed by atoms with van der Waals surface area (Å²) in [5, 5.41) is 4.67. The first kappa shape index (κ1) is 19.7. The fourth-order valence-electron chi connectivity index (χ4n) is 3.41. The fraction of sp³-hybridized carbons (Fsp3) is 0.444. The molecule has 0 radical (unpaired) electrons. The molecule has 10 heteroatoms. The van der Waals surface area contributed by atoms with Crippen LogP contribution in [0.4, 0.5) is 19.3 Å². The molecule has 1 aliphatic carbocycles. The number of hydrogen-bond acceptors (Lipinski definition) is 5. The van der Waals surface area contributed by atoms with Crippen molar-refractivity contribution in [2.24, 2.45) is 0 Å². The van der Waals surface area contributed by atoms with E-state index in [1.54, 1.807) is 0 Å². The molecule has 28 heavy (non-hydrogen) atoms. The van der Waals surface area contributed by atoms with Crippen LogP contribution in [0, 0.1) is 11.6 Å². The van der Waals surface area contributed by atoms with Gasteiger partial charge in [0.05, 0.1) is 6.42 Å². The van der Waals surface area contributed by atoms with Crippen molar-refractivity contribution in [3.05, 3.63) is 29.8 Å². The zero-order valence-electron chi connectivity index (χ0n) is 14.9. The Morgan fingerprint density at radius 3 is 2.46 bits per heavy atom. The maximum Gasteiger partial charge on any atom is 0.325 e. The molecule has 0 bridgehead atoms. The van der Waals surface area contributed by atoms with Crippen molar-refractivity contribution in [2.45, 2.75) is 37.6 Å². The number of nitrogens with one attached hydrogen (secondary N) is 2. The molecule has 1 saturated heterocycles. The lowest BCUT2D eigenvalue weighted by Crippen LogP contribution is -2.44. The standard InChI is InChI=1S/C18H19F2N3O5/c19-11-4-3-5-12(20)15(11)21-13(24)10-28-14(25)6-9-23-16(26)18(22-17(23)27)7-1-2-8-18/h3-5H,1-2,6-10H2,(H,21,24)(H,22,27). The molecule has 3 rings (SSSR count). The lowest BCUT2D eigenvalue weighted by Gasteiger charge is -2.19. The van der Waals surface area contributed by atoms with E-state index >= 15 is 0 Å². The minimum absolute atomic E-state index is 0.172. The largest absolute Gasteiger partial charge is 0.456 e. The number of nitrogens with zero attached hydrogens (tertiary/aromatic N) is 1. The lowest BCUT2D eigenvalue weighted by molar-refractivity contribution is -0.147. The number of carbonyl (C=O) groups is 4. The van der Waals surface area contributed by atoms with Gasteiger partial charge < -0.3 is 15.4 Å². The number of esters is 1. The summed E-state index contributed by atoms with van der Waals surface area (Å²) in [4.78, 5) is 48.9. The number of imide groups is 1. The molecule has 0 unspecified atom stereocenters. The summed E-state index contributed by atoms with van der Waals surface area (Å²) < 4.78 is 31.7. The Kier molecular flexibility index (Phi) is 5.57. The van der Waals surface area contributed by atoms with Crippen molar-refractivity contribution >= 4 is 29.5 Å². The third-order valence-electron chi connectivity index (χ3n) is 4.83. The number of anilines is 1. The van der Waals surface area contributed by atoms with Gasteiger partial charge in [0.15, 0.2) is 6.61 Å². The highest BCUT2D eigenvalue weighted by Crippen LogP contribution is 2.35. The highest BCUT2D eigenvalue weighted by atomic mass is 19.1. The average molecular weight is 395 g/mol. The van der Waals surface area contributed by atoms with E-state index in [-0.39, 0.29) is 18.9 Å². The number of rotatable bonds is 6. The van der Waals surface area contributed by atoms with Crippen molar-refractivity contribution < 1.29 is 32.7 Å². The molecule has 4 amide bonds. The molecular formula is C18H19F2N3O5. The third kappa shape index (κ3) is 3.95. The van der Waals surface area contributed by atoms with Crippen LogP contribution in [0.15, 0.2) is 18.2 Å². The van der Waals surface area contributed by atoms with E-state index in [2.05, 4.69) is 5.32 Å². The van der Waals surface area contributed by atoms with Crippen LogP contribution in [0.1, 0.15) is 32.1 Å². The number of benzene rings is 1. The molecule has 1 aromatic carbocycles. The zero-order chi connectivity index (χ0) is 20.3. The number of para-hydroxylation sites is 1. The Bertz CT molecular complexity index is 803. The van der Waals surface area contributed by atoms with E-state index in [0.717, 1.165) is 35.9 Å². The predicted octanol–water partition coefficient (Wildman–Crippen LogP) is 1.70. The number of amides is 4. The van der Waals surface area contributed by atoms with E-state index in [1.165, 1.54) is 0 Å². The van der Waals surface area contributed by atoms with E-state index in [9.17, 15) is 28.0 Å².